The van der Waals surface area contributed by atoms with Crippen molar-refractivity contribution in [3.05, 3.63) is 83.2 Å². The fourth-order valence-electron chi connectivity index (χ4n) is 2.81. The predicted molar refractivity (Wildman–Crippen MR) is 101 cm³/mol. The zero-order valence-corrected chi connectivity index (χ0v) is 15.0. The topological polar surface area (TPSA) is 96.0 Å². The predicted octanol–water partition coefficient (Wildman–Crippen LogP) is 3.86. The lowest BCUT2D eigenvalue weighted by atomic mass is 9.93. The van der Waals surface area contributed by atoms with E-state index in [1.807, 2.05) is 42.5 Å². The van der Waals surface area contributed by atoms with Crippen molar-refractivity contribution in [2.24, 2.45) is 0 Å². The maximum atomic E-state index is 12.7. The Hall–Kier alpha value is -4.16. The molecule has 0 fully saturated rings. The van der Waals surface area contributed by atoms with E-state index in [0.29, 0.717) is 16.9 Å². The minimum Gasteiger partial charge on any atom is -0.496 e. The second-order valence-electron chi connectivity index (χ2n) is 5.77. The summed E-state index contributed by atoms with van der Waals surface area (Å²) in [7, 11) is 1.46. The molecule has 0 unspecified atom stereocenters. The number of esters is 1. The first-order valence-electron chi connectivity index (χ1n) is 8.36. The molecule has 0 saturated carbocycles. The zero-order valence-electron chi connectivity index (χ0n) is 15.0. The molecule has 0 aliphatic carbocycles. The number of nitrogens with zero attached hydrogens (tertiary/aromatic N) is 3. The van der Waals surface area contributed by atoms with Gasteiger partial charge in [0.05, 0.1) is 23.8 Å². The number of nitriles is 2. The van der Waals surface area contributed by atoms with Gasteiger partial charge in [0.25, 0.3) is 0 Å². The average molecular weight is 369 g/mol. The first-order valence-corrected chi connectivity index (χ1v) is 8.36. The minimum absolute atomic E-state index is 0.106. The van der Waals surface area contributed by atoms with Crippen molar-refractivity contribution in [2.75, 3.05) is 7.11 Å². The van der Waals surface area contributed by atoms with Crippen molar-refractivity contribution in [1.82, 2.24) is 4.98 Å². The van der Waals surface area contributed by atoms with E-state index < -0.39 is 5.97 Å². The maximum Gasteiger partial charge on any atom is 0.340 e. The van der Waals surface area contributed by atoms with Crippen molar-refractivity contribution >= 4 is 5.97 Å². The Morgan fingerprint density at radius 3 is 2.54 bits per heavy atom. The van der Waals surface area contributed by atoms with Crippen molar-refractivity contribution < 1.29 is 14.3 Å². The normalized spacial score (nSPS) is 9.82. The van der Waals surface area contributed by atoms with Gasteiger partial charge in [-0.1, -0.05) is 30.3 Å². The monoisotopic (exact) mass is 369 g/mol. The van der Waals surface area contributed by atoms with Crippen LogP contribution >= 0.6 is 0 Å². The fraction of sp³-hybridized carbons (Fsp3) is 0.0909. The summed E-state index contributed by atoms with van der Waals surface area (Å²) in [6.07, 6.45) is 2.88. The quantitative estimate of drug-likeness (QED) is 0.634. The Labute approximate surface area is 162 Å². The summed E-state index contributed by atoms with van der Waals surface area (Å²) in [5.74, 6) is -0.209. The third kappa shape index (κ3) is 3.67. The molecule has 0 amide bonds. The van der Waals surface area contributed by atoms with Gasteiger partial charge in [-0.05, 0) is 23.8 Å². The molecule has 0 aliphatic rings. The molecule has 0 atom stereocenters. The molecule has 6 nitrogen and oxygen atoms in total. The minimum atomic E-state index is -0.583. The molecule has 1 aromatic heterocycles. The Kier molecular flexibility index (Phi) is 5.64. The molecule has 3 aromatic rings. The standard InChI is InChI=1S/C22H15N3O3/c1-27-20-8-7-16(11-23)18(12-24)21(20)17-9-10-25-13-19(17)22(26)28-14-15-5-3-2-4-6-15/h2-10,13H,14H2,1H3. The van der Waals surface area contributed by atoms with Crippen molar-refractivity contribution in [1.29, 1.82) is 10.5 Å². The van der Waals surface area contributed by atoms with Gasteiger partial charge in [-0.15, -0.1) is 0 Å². The van der Waals surface area contributed by atoms with E-state index in [4.69, 9.17) is 9.47 Å². The Balaban J connectivity index is 2.05. The highest BCUT2D eigenvalue weighted by atomic mass is 16.5. The van der Waals surface area contributed by atoms with Crippen LogP contribution in [0.25, 0.3) is 11.1 Å². The number of benzene rings is 2. The second-order valence-corrected chi connectivity index (χ2v) is 5.77. The summed E-state index contributed by atoms with van der Waals surface area (Å²) in [6, 6.07) is 18.0. The van der Waals surface area contributed by atoms with Crippen LogP contribution in [0.5, 0.6) is 5.75 Å². The maximum absolute atomic E-state index is 12.7. The van der Waals surface area contributed by atoms with Crippen molar-refractivity contribution in [2.45, 2.75) is 6.61 Å². The lowest BCUT2D eigenvalue weighted by Crippen LogP contribution is -2.08. The first kappa shape index (κ1) is 18.6. The summed E-state index contributed by atoms with van der Waals surface area (Å²) in [5.41, 5.74) is 2.13. The van der Waals surface area contributed by atoms with Crippen LogP contribution in [-0.4, -0.2) is 18.1 Å². The van der Waals surface area contributed by atoms with Crippen LogP contribution in [0.1, 0.15) is 27.0 Å². The van der Waals surface area contributed by atoms with Crippen LogP contribution < -0.4 is 4.74 Å². The zero-order chi connectivity index (χ0) is 19.9. The van der Waals surface area contributed by atoms with Gasteiger partial charge in [0, 0.05) is 23.5 Å². The number of aromatic nitrogens is 1. The van der Waals surface area contributed by atoms with Gasteiger partial charge in [-0.3, -0.25) is 4.98 Å². The molecule has 0 aliphatic heterocycles. The van der Waals surface area contributed by atoms with E-state index in [1.165, 1.54) is 25.6 Å². The summed E-state index contributed by atoms with van der Waals surface area (Å²) in [4.78, 5) is 16.7. The Morgan fingerprint density at radius 1 is 1.07 bits per heavy atom. The molecule has 6 heteroatoms. The molecule has 0 bridgehead atoms. The summed E-state index contributed by atoms with van der Waals surface area (Å²) in [5, 5.41) is 18.9. The van der Waals surface area contributed by atoms with Crippen LogP contribution in [-0.2, 0) is 11.3 Å². The van der Waals surface area contributed by atoms with Gasteiger partial charge in [0.2, 0.25) is 0 Å². The summed E-state index contributed by atoms with van der Waals surface area (Å²) < 4.78 is 10.8. The molecule has 0 saturated heterocycles. The van der Waals surface area contributed by atoms with Crippen LogP contribution in [0, 0.1) is 22.7 Å². The highest BCUT2D eigenvalue weighted by Crippen LogP contribution is 2.37. The number of carbonyl (C=O) groups excluding carboxylic acids is 1. The van der Waals surface area contributed by atoms with E-state index in [0.717, 1.165) is 5.56 Å². The van der Waals surface area contributed by atoms with E-state index >= 15 is 0 Å². The smallest absolute Gasteiger partial charge is 0.340 e. The van der Waals surface area contributed by atoms with E-state index in [1.54, 1.807) is 12.1 Å². The summed E-state index contributed by atoms with van der Waals surface area (Å²) >= 11 is 0. The number of rotatable bonds is 5. The Morgan fingerprint density at radius 2 is 1.86 bits per heavy atom. The van der Waals surface area contributed by atoms with Crippen molar-refractivity contribution in [3.63, 3.8) is 0 Å². The van der Waals surface area contributed by atoms with Gasteiger partial charge in [-0.2, -0.15) is 10.5 Å². The number of carbonyl (C=O) groups is 1. The third-order valence-corrected chi connectivity index (χ3v) is 4.14. The molecule has 0 N–H and O–H groups in total. The Bertz CT molecular complexity index is 1100. The van der Waals surface area contributed by atoms with Gasteiger partial charge < -0.3 is 9.47 Å². The van der Waals surface area contributed by atoms with E-state index in [-0.39, 0.29) is 23.3 Å². The molecule has 28 heavy (non-hydrogen) atoms. The largest absolute Gasteiger partial charge is 0.496 e. The van der Waals surface area contributed by atoms with Crippen LogP contribution in [0.15, 0.2) is 60.9 Å². The lowest BCUT2D eigenvalue weighted by Gasteiger charge is -2.14. The summed E-state index contributed by atoms with van der Waals surface area (Å²) in [6.45, 7) is 0.106. The molecule has 136 valence electrons. The SMILES string of the molecule is COc1ccc(C#N)c(C#N)c1-c1ccncc1C(=O)OCc1ccccc1. The molecule has 2 aromatic carbocycles. The molecular weight excluding hydrogens is 354 g/mol. The molecule has 0 spiro atoms. The van der Waals surface area contributed by atoms with Crippen LogP contribution in [0.4, 0.5) is 0 Å². The van der Waals surface area contributed by atoms with E-state index in [2.05, 4.69) is 4.98 Å². The molecule has 0 radical (unpaired) electrons. The highest BCUT2D eigenvalue weighted by Gasteiger charge is 2.22. The number of pyridine rings is 1. The average Bonchev–Trinajstić information content (AvgIpc) is 2.77. The van der Waals surface area contributed by atoms with Crippen LogP contribution in [0.3, 0.4) is 0 Å². The van der Waals surface area contributed by atoms with E-state index in [9.17, 15) is 15.3 Å². The first-order chi connectivity index (χ1) is 13.7. The molecule has 3 rings (SSSR count). The molecular formula is C22H15N3O3. The van der Waals surface area contributed by atoms with Gasteiger partial charge in [-0.25, -0.2) is 4.79 Å². The molecule has 1 heterocycles. The van der Waals surface area contributed by atoms with Crippen LogP contribution in [0.2, 0.25) is 0 Å². The number of hydrogen-bond donors (Lipinski definition) is 0. The highest BCUT2D eigenvalue weighted by molar-refractivity contribution is 5.99. The fourth-order valence-corrected chi connectivity index (χ4v) is 2.81. The van der Waals surface area contributed by atoms with Gasteiger partial charge in [0.1, 0.15) is 24.5 Å². The second kappa shape index (κ2) is 8.48. The van der Waals surface area contributed by atoms with Gasteiger partial charge >= 0.3 is 5.97 Å². The third-order valence-electron chi connectivity index (χ3n) is 4.14. The number of methoxy groups -OCH3 is 1. The number of ether oxygens (including phenoxy) is 2. The number of hydrogen-bond acceptors (Lipinski definition) is 6. The van der Waals surface area contributed by atoms with Gasteiger partial charge in [0.15, 0.2) is 0 Å². The van der Waals surface area contributed by atoms with Crippen molar-refractivity contribution in [3.8, 4) is 29.0 Å². The lowest BCUT2D eigenvalue weighted by molar-refractivity contribution is 0.0473.